The normalized spacial score (nSPS) is 20.2. The summed E-state index contributed by atoms with van der Waals surface area (Å²) in [7, 11) is 0. The molecule has 2 aromatic rings. The van der Waals surface area contributed by atoms with Gasteiger partial charge in [-0.1, -0.05) is 24.6 Å². The van der Waals surface area contributed by atoms with Gasteiger partial charge in [0, 0.05) is 24.5 Å². The Balaban J connectivity index is 1.52. The average Bonchev–Trinajstić information content (AvgIpc) is 2.68. The summed E-state index contributed by atoms with van der Waals surface area (Å²) < 4.78 is 0. The van der Waals surface area contributed by atoms with E-state index in [1.54, 1.807) is 0 Å². The molecule has 0 atom stereocenters. The molecule has 0 amide bonds. The van der Waals surface area contributed by atoms with E-state index in [0.29, 0.717) is 11.6 Å². The van der Waals surface area contributed by atoms with Gasteiger partial charge in [0.05, 0.1) is 11.1 Å². The van der Waals surface area contributed by atoms with Crippen LogP contribution in [0.5, 0.6) is 0 Å². The van der Waals surface area contributed by atoms with Crippen LogP contribution in [0.4, 0.5) is 5.82 Å². The van der Waals surface area contributed by atoms with Crippen LogP contribution >= 0.6 is 0 Å². The maximum absolute atomic E-state index is 9.54. The predicted molar refractivity (Wildman–Crippen MR) is 97.1 cm³/mol. The van der Waals surface area contributed by atoms with Gasteiger partial charge >= 0.3 is 0 Å². The lowest BCUT2D eigenvalue weighted by atomic mass is 9.99. The number of nitriles is 1. The van der Waals surface area contributed by atoms with Crippen molar-refractivity contribution in [1.29, 1.82) is 5.26 Å². The van der Waals surface area contributed by atoms with Crippen molar-refractivity contribution in [3.05, 3.63) is 35.9 Å². The van der Waals surface area contributed by atoms with E-state index in [4.69, 9.17) is 4.98 Å². The number of piperidine rings is 2. The van der Waals surface area contributed by atoms with Gasteiger partial charge in [-0.15, -0.1) is 0 Å². The number of para-hydroxylation sites is 1. The smallest absolute Gasteiger partial charge is 0.147 e. The summed E-state index contributed by atoms with van der Waals surface area (Å²) in [5.74, 6) is 0.869. The van der Waals surface area contributed by atoms with Crippen molar-refractivity contribution in [3.63, 3.8) is 0 Å². The number of nitrogens with zero attached hydrogens (tertiary/aromatic N) is 4. The Morgan fingerprint density at radius 1 is 1.00 bits per heavy atom. The van der Waals surface area contributed by atoms with Gasteiger partial charge in [0.2, 0.25) is 0 Å². The zero-order valence-corrected chi connectivity index (χ0v) is 14.1. The molecule has 4 nitrogen and oxygen atoms in total. The van der Waals surface area contributed by atoms with Crippen molar-refractivity contribution in [1.82, 2.24) is 9.88 Å². The molecule has 2 saturated heterocycles. The molecule has 0 unspecified atom stereocenters. The lowest BCUT2D eigenvalue weighted by Gasteiger charge is -2.40. The summed E-state index contributed by atoms with van der Waals surface area (Å²) in [6, 6.07) is 13.1. The average molecular weight is 320 g/mol. The molecular weight excluding hydrogens is 296 g/mol. The van der Waals surface area contributed by atoms with Crippen molar-refractivity contribution in [2.75, 3.05) is 31.1 Å². The first-order chi connectivity index (χ1) is 11.8. The first-order valence-electron chi connectivity index (χ1n) is 9.14. The molecule has 0 spiro atoms. The molecule has 24 heavy (non-hydrogen) atoms. The van der Waals surface area contributed by atoms with Crippen molar-refractivity contribution in [2.45, 2.75) is 38.1 Å². The maximum Gasteiger partial charge on any atom is 0.147 e. The molecule has 4 heteroatoms. The third-order valence-electron chi connectivity index (χ3n) is 5.50. The second-order valence-electron chi connectivity index (χ2n) is 6.98. The molecule has 1 aromatic carbocycles. The lowest BCUT2D eigenvalue weighted by molar-refractivity contribution is 0.141. The number of benzene rings is 1. The first-order valence-corrected chi connectivity index (χ1v) is 9.14. The third-order valence-corrected chi connectivity index (χ3v) is 5.50. The summed E-state index contributed by atoms with van der Waals surface area (Å²) in [4.78, 5) is 9.79. The molecule has 0 bridgehead atoms. The van der Waals surface area contributed by atoms with Crippen LogP contribution in [0.1, 0.15) is 37.7 Å². The van der Waals surface area contributed by atoms with E-state index < -0.39 is 0 Å². The Labute approximate surface area is 143 Å². The van der Waals surface area contributed by atoms with Gasteiger partial charge in [-0.05, 0) is 50.9 Å². The van der Waals surface area contributed by atoms with E-state index in [0.717, 1.165) is 29.8 Å². The van der Waals surface area contributed by atoms with Gasteiger partial charge in [0.15, 0.2) is 0 Å². The number of hydrogen-bond acceptors (Lipinski definition) is 4. The highest BCUT2D eigenvalue weighted by molar-refractivity contribution is 5.83. The zero-order valence-electron chi connectivity index (χ0n) is 14.1. The fourth-order valence-corrected chi connectivity index (χ4v) is 4.16. The fourth-order valence-electron chi connectivity index (χ4n) is 4.16. The number of aromatic nitrogens is 1. The van der Waals surface area contributed by atoms with Gasteiger partial charge in [-0.3, -0.25) is 0 Å². The van der Waals surface area contributed by atoms with Gasteiger partial charge in [0.25, 0.3) is 0 Å². The minimum atomic E-state index is 0.699. The van der Waals surface area contributed by atoms with E-state index >= 15 is 0 Å². The quantitative estimate of drug-likeness (QED) is 0.848. The molecular formula is C20H24N4. The van der Waals surface area contributed by atoms with E-state index in [1.807, 2.05) is 30.3 Å². The minimum absolute atomic E-state index is 0.699. The standard InChI is InChI=1S/C20H24N4/c21-15-17-14-16-6-2-3-7-19(16)22-20(17)24-12-8-18(9-13-24)23-10-4-1-5-11-23/h2-3,6-7,14,18H,1,4-5,8-13H2. The summed E-state index contributed by atoms with van der Waals surface area (Å²) in [6.45, 7) is 4.53. The van der Waals surface area contributed by atoms with Crippen LogP contribution in [0, 0.1) is 11.3 Å². The molecule has 2 fully saturated rings. The van der Waals surface area contributed by atoms with Crippen LogP contribution in [0.15, 0.2) is 30.3 Å². The van der Waals surface area contributed by atoms with Crippen LogP contribution in [0.25, 0.3) is 10.9 Å². The number of pyridine rings is 1. The topological polar surface area (TPSA) is 43.2 Å². The summed E-state index contributed by atoms with van der Waals surface area (Å²) in [6.07, 6.45) is 6.46. The van der Waals surface area contributed by atoms with Gasteiger partial charge in [0.1, 0.15) is 11.9 Å². The monoisotopic (exact) mass is 320 g/mol. The molecule has 0 saturated carbocycles. The van der Waals surface area contributed by atoms with E-state index in [1.165, 1.54) is 45.2 Å². The van der Waals surface area contributed by atoms with Crippen molar-refractivity contribution >= 4 is 16.7 Å². The van der Waals surface area contributed by atoms with Crippen LogP contribution < -0.4 is 4.90 Å². The molecule has 1 aromatic heterocycles. The number of rotatable bonds is 2. The Morgan fingerprint density at radius 2 is 1.75 bits per heavy atom. The van der Waals surface area contributed by atoms with Crippen LogP contribution in [-0.2, 0) is 0 Å². The van der Waals surface area contributed by atoms with Crippen molar-refractivity contribution in [2.24, 2.45) is 0 Å². The summed E-state index contributed by atoms with van der Waals surface area (Å²) >= 11 is 0. The van der Waals surface area contributed by atoms with Crippen molar-refractivity contribution in [3.8, 4) is 6.07 Å². The Morgan fingerprint density at radius 3 is 2.50 bits per heavy atom. The van der Waals surface area contributed by atoms with Crippen LogP contribution in [-0.4, -0.2) is 42.1 Å². The molecule has 124 valence electrons. The zero-order chi connectivity index (χ0) is 16.4. The predicted octanol–water partition coefficient (Wildman–Crippen LogP) is 3.56. The summed E-state index contributed by atoms with van der Waals surface area (Å²) in [5, 5.41) is 10.6. The molecule has 0 aliphatic carbocycles. The van der Waals surface area contributed by atoms with Crippen LogP contribution in [0.2, 0.25) is 0 Å². The first kappa shape index (κ1) is 15.4. The van der Waals surface area contributed by atoms with Crippen LogP contribution in [0.3, 0.4) is 0 Å². The highest BCUT2D eigenvalue weighted by atomic mass is 15.2. The van der Waals surface area contributed by atoms with Gasteiger partial charge in [-0.2, -0.15) is 5.26 Å². The van der Waals surface area contributed by atoms with Gasteiger partial charge in [-0.25, -0.2) is 4.98 Å². The number of hydrogen-bond donors (Lipinski definition) is 0. The molecule has 2 aliphatic rings. The molecule has 3 heterocycles. The number of anilines is 1. The van der Waals surface area contributed by atoms with Crippen molar-refractivity contribution < 1.29 is 0 Å². The maximum atomic E-state index is 9.54. The minimum Gasteiger partial charge on any atom is -0.355 e. The lowest BCUT2D eigenvalue weighted by Crippen LogP contribution is -2.47. The fraction of sp³-hybridized carbons (Fsp3) is 0.500. The SMILES string of the molecule is N#Cc1cc2ccccc2nc1N1CCC(N2CCCCC2)CC1. The molecule has 0 radical (unpaired) electrons. The number of likely N-dealkylation sites (tertiary alicyclic amines) is 1. The molecule has 0 N–H and O–H groups in total. The highest BCUT2D eigenvalue weighted by Gasteiger charge is 2.27. The largest absolute Gasteiger partial charge is 0.355 e. The molecule has 2 aliphatic heterocycles. The second-order valence-corrected chi connectivity index (χ2v) is 6.98. The highest BCUT2D eigenvalue weighted by Crippen LogP contribution is 2.27. The summed E-state index contributed by atoms with van der Waals surface area (Å²) in [5.41, 5.74) is 1.68. The molecule has 4 rings (SSSR count). The number of fused-ring (bicyclic) bond motifs is 1. The van der Waals surface area contributed by atoms with E-state index in [2.05, 4.69) is 15.9 Å². The van der Waals surface area contributed by atoms with E-state index in [-0.39, 0.29) is 0 Å². The second kappa shape index (κ2) is 6.78. The van der Waals surface area contributed by atoms with Gasteiger partial charge < -0.3 is 9.80 Å². The Bertz CT molecular complexity index is 750. The third kappa shape index (κ3) is 2.97. The Kier molecular flexibility index (Phi) is 4.36. The Hall–Kier alpha value is -2.12. The van der Waals surface area contributed by atoms with E-state index in [9.17, 15) is 5.26 Å².